The van der Waals surface area contributed by atoms with E-state index in [0.29, 0.717) is 16.5 Å². The molecule has 0 radical (unpaired) electrons. The Morgan fingerprint density at radius 2 is 2.10 bits per heavy atom. The monoisotopic (exact) mass is 525 g/mol. The maximum Gasteiger partial charge on any atom is 0.305 e. The standard InChI is InChI=1S/C20H17BrClN3O5S/c1-29-15-4-2-11(6-12(15)10-30-16-5-3-13(22)7-14(16)21)9-23-25-20-24-19(28)17(31-20)8-18(26)27/h2-7,9,17H,8,10H2,1H3,(H,26,27)(H,24,25,28). The third kappa shape index (κ3) is 6.46. The summed E-state index contributed by atoms with van der Waals surface area (Å²) in [5, 5.41) is 19.4. The molecule has 1 saturated heterocycles. The van der Waals surface area contributed by atoms with Crippen LogP contribution in [0.4, 0.5) is 0 Å². The molecule has 0 bridgehead atoms. The summed E-state index contributed by atoms with van der Waals surface area (Å²) >= 11 is 10.4. The van der Waals surface area contributed by atoms with E-state index in [0.717, 1.165) is 27.4 Å². The van der Waals surface area contributed by atoms with Gasteiger partial charge in [-0.05, 0) is 57.9 Å². The van der Waals surface area contributed by atoms with Crippen LogP contribution in [0.25, 0.3) is 0 Å². The van der Waals surface area contributed by atoms with Gasteiger partial charge in [0, 0.05) is 10.6 Å². The van der Waals surface area contributed by atoms with Gasteiger partial charge in [-0.15, -0.1) is 5.10 Å². The number of halogens is 2. The molecule has 1 unspecified atom stereocenters. The van der Waals surface area contributed by atoms with Crippen molar-refractivity contribution in [1.29, 1.82) is 0 Å². The minimum Gasteiger partial charge on any atom is -0.496 e. The maximum atomic E-state index is 11.7. The number of carboxylic acids is 1. The number of ether oxygens (including phenoxy) is 2. The number of amidine groups is 1. The summed E-state index contributed by atoms with van der Waals surface area (Å²) in [6.45, 7) is 0.252. The van der Waals surface area contributed by atoms with Gasteiger partial charge < -0.3 is 19.9 Å². The number of hydrogen-bond acceptors (Lipinski definition) is 7. The molecular weight excluding hydrogens is 510 g/mol. The highest BCUT2D eigenvalue weighted by molar-refractivity contribution is 9.10. The predicted molar refractivity (Wildman–Crippen MR) is 123 cm³/mol. The molecule has 1 aliphatic heterocycles. The van der Waals surface area contributed by atoms with Crippen molar-refractivity contribution in [2.45, 2.75) is 18.3 Å². The minimum absolute atomic E-state index is 0.252. The van der Waals surface area contributed by atoms with Gasteiger partial charge in [0.1, 0.15) is 23.4 Å². The number of carbonyl (C=O) groups is 2. The van der Waals surface area contributed by atoms with Gasteiger partial charge in [-0.1, -0.05) is 23.4 Å². The van der Waals surface area contributed by atoms with Crippen molar-refractivity contribution in [3.05, 3.63) is 57.0 Å². The van der Waals surface area contributed by atoms with Crippen LogP contribution in [0.3, 0.4) is 0 Å². The quantitative estimate of drug-likeness (QED) is 0.396. The lowest BCUT2D eigenvalue weighted by molar-refractivity contribution is -0.138. The summed E-state index contributed by atoms with van der Waals surface area (Å²) < 4.78 is 12.0. The first-order valence-electron chi connectivity index (χ1n) is 8.91. The number of methoxy groups -OCH3 is 1. The van der Waals surface area contributed by atoms with Crippen LogP contribution in [0, 0.1) is 0 Å². The molecule has 1 fully saturated rings. The van der Waals surface area contributed by atoms with Gasteiger partial charge in [0.2, 0.25) is 5.91 Å². The zero-order valence-corrected chi connectivity index (χ0v) is 19.3. The molecule has 162 valence electrons. The van der Waals surface area contributed by atoms with Crippen LogP contribution in [-0.4, -0.2) is 40.7 Å². The van der Waals surface area contributed by atoms with E-state index < -0.39 is 17.1 Å². The highest BCUT2D eigenvalue weighted by Crippen LogP contribution is 2.30. The summed E-state index contributed by atoms with van der Waals surface area (Å²) in [6.07, 6.45) is 1.25. The molecule has 0 saturated carbocycles. The fourth-order valence-corrected chi connectivity index (χ4v) is 4.34. The molecule has 8 nitrogen and oxygen atoms in total. The molecule has 0 aliphatic carbocycles. The number of rotatable bonds is 8. The number of amides is 1. The first-order valence-corrected chi connectivity index (χ1v) is 11.0. The molecule has 1 atom stereocenters. The number of nitrogens with one attached hydrogen (secondary N) is 1. The third-order valence-electron chi connectivity index (χ3n) is 4.07. The zero-order valence-electron chi connectivity index (χ0n) is 16.2. The number of hydrogen-bond donors (Lipinski definition) is 2. The van der Waals surface area contributed by atoms with E-state index in [2.05, 4.69) is 31.4 Å². The van der Waals surface area contributed by atoms with Crippen molar-refractivity contribution >= 4 is 62.6 Å². The Labute approximate surface area is 195 Å². The molecule has 31 heavy (non-hydrogen) atoms. The average Bonchev–Trinajstić information content (AvgIpc) is 3.06. The van der Waals surface area contributed by atoms with E-state index >= 15 is 0 Å². The number of carboxylic acid groups (broad SMARTS) is 1. The van der Waals surface area contributed by atoms with E-state index in [-0.39, 0.29) is 18.2 Å². The molecule has 1 amide bonds. The SMILES string of the molecule is COc1ccc(C=NN=C2NC(=O)C(CC(=O)O)S2)cc1COc1ccc(Cl)cc1Br. The Morgan fingerprint density at radius 1 is 1.32 bits per heavy atom. The number of thioether (sulfide) groups is 1. The van der Waals surface area contributed by atoms with Crippen molar-refractivity contribution in [2.75, 3.05) is 7.11 Å². The van der Waals surface area contributed by atoms with Crippen molar-refractivity contribution in [3.8, 4) is 11.5 Å². The second-order valence-electron chi connectivity index (χ2n) is 6.28. The first-order chi connectivity index (χ1) is 14.9. The van der Waals surface area contributed by atoms with Crippen molar-refractivity contribution in [2.24, 2.45) is 10.2 Å². The molecule has 1 aliphatic rings. The maximum absolute atomic E-state index is 11.7. The predicted octanol–water partition coefficient (Wildman–Crippen LogP) is 4.09. The lowest BCUT2D eigenvalue weighted by atomic mass is 10.1. The van der Waals surface area contributed by atoms with Crippen molar-refractivity contribution in [3.63, 3.8) is 0 Å². The van der Waals surface area contributed by atoms with E-state index in [1.54, 1.807) is 37.4 Å². The smallest absolute Gasteiger partial charge is 0.305 e. The molecule has 1 heterocycles. The van der Waals surface area contributed by atoms with Gasteiger partial charge in [-0.3, -0.25) is 9.59 Å². The van der Waals surface area contributed by atoms with E-state index in [4.69, 9.17) is 26.2 Å². The highest BCUT2D eigenvalue weighted by atomic mass is 79.9. The molecule has 0 aromatic heterocycles. The van der Waals surface area contributed by atoms with E-state index in [9.17, 15) is 9.59 Å². The number of carbonyl (C=O) groups excluding carboxylic acids is 1. The molecular formula is C20H17BrClN3O5S. The number of nitrogens with zero attached hydrogens (tertiary/aromatic N) is 2. The average molecular weight is 527 g/mol. The number of aliphatic carboxylic acids is 1. The van der Waals surface area contributed by atoms with Crippen LogP contribution in [0.5, 0.6) is 11.5 Å². The van der Waals surface area contributed by atoms with Gasteiger partial charge in [-0.2, -0.15) is 5.10 Å². The summed E-state index contributed by atoms with van der Waals surface area (Å²) in [5.41, 5.74) is 1.54. The molecule has 0 spiro atoms. The molecule has 2 aromatic carbocycles. The lowest BCUT2D eigenvalue weighted by Gasteiger charge is -2.12. The summed E-state index contributed by atoms with van der Waals surface area (Å²) in [6, 6.07) is 10.7. The van der Waals surface area contributed by atoms with Crippen LogP contribution in [0.15, 0.2) is 51.1 Å². The van der Waals surface area contributed by atoms with Gasteiger partial charge in [0.25, 0.3) is 0 Å². The van der Waals surface area contributed by atoms with Crippen LogP contribution in [-0.2, 0) is 16.2 Å². The van der Waals surface area contributed by atoms with E-state index in [1.807, 2.05) is 6.07 Å². The Hall–Kier alpha value is -2.56. The van der Waals surface area contributed by atoms with Crippen LogP contribution in [0.2, 0.25) is 5.02 Å². The molecule has 11 heteroatoms. The number of benzene rings is 2. The molecule has 3 rings (SSSR count). The van der Waals surface area contributed by atoms with Gasteiger partial charge in [0.15, 0.2) is 5.17 Å². The topological polar surface area (TPSA) is 110 Å². The Morgan fingerprint density at radius 3 is 2.81 bits per heavy atom. The summed E-state index contributed by atoms with van der Waals surface area (Å²) in [4.78, 5) is 22.5. The first kappa shape index (κ1) is 23.1. The van der Waals surface area contributed by atoms with Crippen molar-refractivity contribution in [1.82, 2.24) is 5.32 Å². The zero-order chi connectivity index (χ0) is 22.4. The van der Waals surface area contributed by atoms with Crippen LogP contribution >= 0.6 is 39.3 Å². The normalized spacial score (nSPS) is 17.2. The fraction of sp³-hybridized carbons (Fsp3) is 0.200. The van der Waals surface area contributed by atoms with Crippen LogP contribution in [0.1, 0.15) is 17.5 Å². The van der Waals surface area contributed by atoms with Crippen molar-refractivity contribution < 1.29 is 24.2 Å². The van der Waals surface area contributed by atoms with Gasteiger partial charge >= 0.3 is 5.97 Å². The third-order valence-corrected chi connectivity index (χ3v) is 6.00. The van der Waals surface area contributed by atoms with Crippen LogP contribution < -0.4 is 14.8 Å². The van der Waals surface area contributed by atoms with Gasteiger partial charge in [0.05, 0.1) is 24.2 Å². The minimum atomic E-state index is -1.05. The molecule has 2 aromatic rings. The summed E-state index contributed by atoms with van der Waals surface area (Å²) in [7, 11) is 1.57. The second-order valence-corrected chi connectivity index (χ2v) is 8.76. The fourth-order valence-electron chi connectivity index (χ4n) is 2.63. The second kappa shape index (κ2) is 10.7. The lowest BCUT2D eigenvalue weighted by Crippen LogP contribution is -2.26. The Kier molecular flexibility index (Phi) is 7.94. The highest BCUT2D eigenvalue weighted by Gasteiger charge is 2.32. The summed E-state index contributed by atoms with van der Waals surface area (Å²) in [5.74, 6) is -0.139. The Bertz CT molecular complexity index is 1060. The largest absolute Gasteiger partial charge is 0.496 e. The molecule has 2 N–H and O–H groups in total. The Balaban J connectivity index is 1.68. The van der Waals surface area contributed by atoms with E-state index in [1.165, 1.54) is 6.21 Å². The van der Waals surface area contributed by atoms with Gasteiger partial charge in [-0.25, -0.2) is 0 Å².